The highest BCUT2D eigenvalue weighted by molar-refractivity contribution is 6.35. The van der Waals surface area contributed by atoms with Crippen LogP contribution in [0.3, 0.4) is 0 Å². The van der Waals surface area contributed by atoms with E-state index < -0.39 is 0 Å². The molecule has 1 aliphatic heterocycles. The first kappa shape index (κ1) is 19.0. The van der Waals surface area contributed by atoms with Crippen LogP contribution in [0, 0.1) is 11.8 Å². The number of hydrogen-bond donors (Lipinski definition) is 1. The molecule has 2 heterocycles. The number of carbonyl (C=O) groups excluding carboxylic acids is 1. The van der Waals surface area contributed by atoms with Gasteiger partial charge in [0, 0.05) is 30.1 Å². The Hall–Kier alpha value is -1.32. The molecule has 2 aromatic rings. The van der Waals surface area contributed by atoms with Crippen LogP contribution in [0.4, 0.5) is 0 Å². The fourth-order valence-electron chi connectivity index (χ4n) is 4.96. The standard InChI is InChI=1S/C23H31ClN2O/c24-21-15-20(14-19-8-11-25-23(19)21)22(27)7-6-17-9-12-26(13-10-17)16-18-4-2-1-3-5-18/h8,11,14-15,17-18,25H,1-7,9-10,12-13,16H2. The summed E-state index contributed by atoms with van der Waals surface area (Å²) in [6.07, 6.45) is 13.2. The Morgan fingerprint density at radius 1 is 1.07 bits per heavy atom. The van der Waals surface area contributed by atoms with Crippen molar-refractivity contribution in [3.05, 3.63) is 35.0 Å². The third-order valence-corrected chi connectivity index (χ3v) is 6.96. The van der Waals surface area contributed by atoms with Crippen LogP contribution in [0.5, 0.6) is 0 Å². The molecular formula is C23H31ClN2O. The topological polar surface area (TPSA) is 36.1 Å². The molecule has 1 aromatic heterocycles. The molecule has 0 bridgehead atoms. The zero-order chi connectivity index (χ0) is 18.6. The molecule has 0 radical (unpaired) electrons. The molecule has 0 amide bonds. The van der Waals surface area contributed by atoms with E-state index in [1.54, 1.807) is 0 Å². The lowest BCUT2D eigenvalue weighted by Gasteiger charge is -2.35. The molecule has 1 aliphatic carbocycles. The van der Waals surface area contributed by atoms with Crippen LogP contribution in [0.2, 0.25) is 5.02 Å². The number of hydrogen-bond acceptors (Lipinski definition) is 2. The van der Waals surface area contributed by atoms with Gasteiger partial charge in [0.25, 0.3) is 0 Å². The highest BCUT2D eigenvalue weighted by atomic mass is 35.5. The number of piperidine rings is 1. The van der Waals surface area contributed by atoms with Gasteiger partial charge in [0.2, 0.25) is 0 Å². The van der Waals surface area contributed by atoms with Gasteiger partial charge >= 0.3 is 0 Å². The zero-order valence-corrected chi connectivity index (χ0v) is 16.9. The zero-order valence-electron chi connectivity index (χ0n) is 16.2. The summed E-state index contributed by atoms with van der Waals surface area (Å²) in [5, 5.41) is 1.65. The van der Waals surface area contributed by atoms with Crippen LogP contribution in [0.1, 0.15) is 68.1 Å². The van der Waals surface area contributed by atoms with Crippen LogP contribution in [-0.4, -0.2) is 35.3 Å². The number of halogens is 1. The predicted molar refractivity (Wildman–Crippen MR) is 113 cm³/mol. The van der Waals surface area contributed by atoms with Crippen molar-refractivity contribution in [2.24, 2.45) is 11.8 Å². The summed E-state index contributed by atoms with van der Waals surface area (Å²) in [6, 6.07) is 5.75. The highest BCUT2D eigenvalue weighted by Gasteiger charge is 2.23. The van der Waals surface area contributed by atoms with E-state index in [0.717, 1.165) is 28.8 Å². The van der Waals surface area contributed by atoms with E-state index in [0.29, 0.717) is 17.4 Å². The summed E-state index contributed by atoms with van der Waals surface area (Å²) in [5.41, 5.74) is 1.67. The van der Waals surface area contributed by atoms with Crippen molar-refractivity contribution in [3.63, 3.8) is 0 Å². The number of H-pyrrole nitrogens is 1. The third kappa shape index (κ3) is 4.75. The Labute approximate surface area is 167 Å². The largest absolute Gasteiger partial charge is 0.360 e. The van der Waals surface area contributed by atoms with Crippen molar-refractivity contribution < 1.29 is 4.79 Å². The van der Waals surface area contributed by atoms with Crippen LogP contribution in [0.15, 0.2) is 24.4 Å². The van der Waals surface area contributed by atoms with Crippen molar-refractivity contribution in [2.45, 2.75) is 57.8 Å². The molecule has 146 valence electrons. The van der Waals surface area contributed by atoms with Gasteiger partial charge in [-0.2, -0.15) is 0 Å². The van der Waals surface area contributed by atoms with E-state index in [1.807, 2.05) is 24.4 Å². The lowest BCUT2D eigenvalue weighted by atomic mass is 9.87. The van der Waals surface area contributed by atoms with E-state index in [-0.39, 0.29) is 5.78 Å². The minimum atomic E-state index is 0.227. The van der Waals surface area contributed by atoms with Crippen LogP contribution < -0.4 is 0 Å². The molecule has 1 N–H and O–H groups in total. The average molecular weight is 387 g/mol. The van der Waals surface area contributed by atoms with E-state index in [1.165, 1.54) is 64.6 Å². The van der Waals surface area contributed by atoms with Gasteiger partial charge in [0.1, 0.15) is 0 Å². The molecule has 4 rings (SSSR count). The molecule has 1 saturated heterocycles. The van der Waals surface area contributed by atoms with Gasteiger partial charge in [-0.1, -0.05) is 30.9 Å². The Morgan fingerprint density at radius 2 is 1.85 bits per heavy atom. The van der Waals surface area contributed by atoms with E-state index in [4.69, 9.17) is 11.6 Å². The molecule has 4 heteroatoms. The smallest absolute Gasteiger partial charge is 0.162 e. The maximum absolute atomic E-state index is 12.7. The van der Waals surface area contributed by atoms with Crippen LogP contribution >= 0.6 is 11.6 Å². The number of nitrogens with one attached hydrogen (secondary N) is 1. The van der Waals surface area contributed by atoms with E-state index in [9.17, 15) is 4.79 Å². The Kier molecular flexibility index (Phi) is 6.19. The SMILES string of the molecule is O=C(CCC1CCN(CC2CCCCC2)CC1)c1cc(Cl)c2[nH]ccc2c1. The van der Waals surface area contributed by atoms with E-state index in [2.05, 4.69) is 9.88 Å². The van der Waals surface area contributed by atoms with Crippen molar-refractivity contribution in [1.82, 2.24) is 9.88 Å². The molecule has 0 atom stereocenters. The molecular weight excluding hydrogens is 356 g/mol. The van der Waals surface area contributed by atoms with Crippen molar-refractivity contribution in [2.75, 3.05) is 19.6 Å². The van der Waals surface area contributed by atoms with Gasteiger partial charge in [-0.05, 0) is 75.2 Å². The van der Waals surface area contributed by atoms with Crippen LogP contribution in [-0.2, 0) is 0 Å². The molecule has 0 unspecified atom stereocenters. The van der Waals surface area contributed by atoms with Gasteiger partial charge in [0.15, 0.2) is 5.78 Å². The number of Topliss-reactive ketones (excluding diaryl/α,β-unsaturated/α-hetero) is 1. The molecule has 2 fully saturated rings. The number of rotatable bonds is 6. The van der Waals surface area contributed by atoms with Gasteiger partial charge in [-0.25, -0.2) is 0 Å². The van der Waals surface area contributed by atoms with Crippen molar-refractivity contribution in [1.29, 1.82) is 0 Å². The Bertz CT molecular complexity index is 770. The predicted octanol–water partition coefficient (Wildman–Crippen LogP) is 6.08. The monoisotopic (exact) mass is 386 g/mol. The first-order chi connectivity index (χ1) is 13.2. The number of aromatic nitrogens is 1. The lowest BCUT2D eigenvalue weighted by molar-refractivity contribution is 0.0957. The highest BCUT2D eigenvalue weighted by Crippen LogP contribution is 2.29. The van der Waals surface area contributed by atoms with Gasteiger partial charge in [-0.15, -0.1) is 0 Å². The fourth-order valence-corrected chi connectivity index (χ4v) is 5.24. The summed E-state index contributed by atoms with van der Waals surface area (Å²) < 4.78 is 0. The third-order valence-electron chi connectivity index (χ3n) is 6.66. The molecule has 1 aromatic carbocycles. The maximum Gasteiger partial charge on any atom is 0.162 e. The van der Waals surface area contributed by atoms with Crippen molar-refractivity contribution in [3.8, 4) is 0 Å². The van der Waals surface area contributed by atoms with Gasteiger partial charge < -0.3 is 9.88 Å². The number of nitrogens with zero attached hydrogens (tertiary/aromatic N) is 1. The Morgan fingerprint density at radius 3 is 2.63 bits per heavy atom. The first-order valence-electron chi connectivity index (χ1n) is 10.7. The summed E-state index contributed by atoms with van der Waals surface area (Å²) in [4.78, 5) is 18.5. The molecule has 3 nitrogen and oxygen atoms in total. The normalized spacial score (nSPS) is 20.3. The summed E-state index contributed by atoms with van der Waals surface area (Å²) in [5.74, 6) is 1.86. The van der Waals surface area contributed by atoms with Crippen molar-refractivity contribution >= 4 is 28.3 Å². The number of benzene rings is 1. The molecule has 2 aliphatic rings. The van der Waals surface area contributed by atoms with Gasteiger partial charge in [-0.3, -0.25) is 4.79 Å². The quantitative estimate of drug-likeness (QED) is 0.611. The maximum atomic E-state index is 12.7. The summed E-state index contributed by atoms with van der Waals surface area (Å²) >= 11 is 6.30. The molecule has 27 heavy (non-hydrogen) atoms. The second-order valence-electron chi connectivity index (χ2n) is 8.61. The second kappa shape index (κ2) is 8.79. The minimum Gasteiger partial charge on any atom is -0.360 e. The summed E-state index contributed by atoms with van der Waals surface area (Å²) in [7, 11) is 0. The average Bonchev–Trinajstić information content (AvgIpc) is 3.17. The minimum absolute atomic E-state index is 0.227. The second-order valence-corrected chi connectivity index (χ2v) is 9.02. The number of aromatic amines is 1. The number of carbonyl (C=O) groups is 1. The lowest BCUT2D eigenvalue weighted by Crippen LogP contribution is -2.37. The fraction of sp³-hybridized carbons (Fsp3) is 0.609. The Balaban J connectivity index is 1.23. The number of ketones is 1. The summed E-state index contributed by atoms with van der Waals surface area (Å²) in [6.45, 7) is 3.74. The van der Waals surface area contributed by atoms with E-state index >= 15 is 0 Å². The molecule has 0 spiro atoms. The number of fused-ring (bicyclic) bond motifs is 1. The molecule has 1 saturated carbocycles. The first-order valence-corrected chi connectivity index (χ1v) is 11.1. The van der Waals surface area contributed by atoms with Crippen LogP contribution in [0.25, 0.3) is 10.9 Å². The van der Waals surface area contributed by atoms with Gasteiger partial charge in [0.05, 0.1) is 10.5 Å². The number of likely N-dealkylation sites (tertiary alicyclic amines) is 1.